The first kappa shape index (κ1) is 11.5. The molecule has 0 fully saturated rings. The fraction of sp³-hybridized carbons (Fsp3) is 0.0714. The second kappa shape index (κ2) is 4.90. The van der Waals surface area contributed by atoms with Gasteiger partial charge in [0.15, 0.2) is 0 Å². The van der Waals surface area contributed by atoms with Crippen molar-refractivity contribution in [1.29, 1.82) is 5.26 Å². The van der Waals surface area contributed by atoms with Gasteiger partial charge in [-0.05, 0) is 35.9 Å². The van der Waals surface area contributed by atoms with Gasteiger partial charge in [0.1, 0.15) is 0 Å². The fourth-order valence-electron chi connectivity index (χ4n) is 1.58. The van der Waals surface area contributed by atoms with Gasteiger partial charge in [-0.3, -0.25) is 0 Å². The van der Waals surface area contributed by atoms with E-state index in [1.165, 1.54) is 0 Å². The number of nitrogens with zero attached hydrogens (tertiary/aromatic N) is 2. The largest absolute Gasteiger partial charge is 0.351 e. The van der Waals surface area contributed by atoms with Crippen LogP contribution in [-0.2, 0) is 7.05 Å². The second-order valence-corrected chi connectivity index (χ2v) is 4.16. The maximum absolute atomic E-state index is 9.18. The smallest absolute Gasteiger partial charge is 0.0998 e. The van der Waals surface area contributed by atoms with Crippen LogP contribution in [0.3, 0.4) is 0 Å². The zero-order valence-corrected chi connectivity index (χ0v) is 10.1. The van der Waals surface area contributed by atoms with Crippen LogP contribution >= 0.6 is 11.6 Å². The van der Waals surface area contributed by atoms with Crippen LogP contribution in [0, 0.1) is 11.3 Å². The summed E-state index contributed by atoms with van der Waals surface area (Å²) in [5.74, 6) is 0. The summed E-state index contributed by atoms with van der Waals surface area (Å²) in [5, 5.41) is 9.85. The van der Waals surface area contributed by atoms with Crippen LogP contribution < -0.4 is 0 Å². The van der Waals surface area contributed by atoms with Crippen LogP contribution in [0.1, 0.15) is 11.3 Å². The molecule has 0 amide bonds. The second-order valence-electron chi connectivity index (χ2n) is 3.72. The van der Waals surface area contributed by atoms with E-state index in [4.69, 9.17) is 11.6 Å². The van der Waals surface area contributed by atoms with Gasteiger partial charge in [0.25, 0.3) is 0 Å². The summed E-state index contributed by atoms with van der Waals surface area (Å²) >= 11 is 5.82. The molecule has 0 aliphatic carbocycles. The first-order chi connectivity index (χ1) is 8.20. The quantitative estimate of drug-likeness (QED) is 0.738. The Morgan fingerprint density at radius 3 is 2.53 bits per heavy atom. The number of hydrogen-bond donors (Lipinski definition) is 0. The molecule has 2 aromatic rings. The minimum atomic E-state index is 0.628. The summed E-state index contributed by atoms with van der Waals surface area (Å²) in [5.41, 5.74) is 2.50. The van der Waals surface area contributed by atoms with Crippen molar-refractivity contribution >= 4 is 23.3 Å². The molecule has 1 aromatic carbocycles. The molecule has 0 bridgehead atoms. The average molecular weight is 243 g/mol. The molecule has 1 heterocycles. The molecular formula is C14H11ClN2. The van der Waals surface area contributed by atoms with Crippen molar-refractivity contribution < 1.29 is 0 Å². The summed E-state index contributed by atoms with van der Waals surface area (Å²) in [7, 11) is 1.95. The molecule has 17 heavy (non-hydrogen) atoms. The van der Waals surface area contributed by atoms with Crippen LogP contribution in [0.5, 0.6) is 0 Å². The van der Waals surface area contributed by atoms with Crippen LogP contribution in [-0.4, -0.2) is 4.57 Å². The van der Waals surface area contributed by atoms with Crippen molar-refractivity contribution in [3.63, 3.8) is 0 Å². The molecule has 0 radical (unpaired) electrons. The minimum absolute atomic E-state index is 0.628. The molecule has 0 aliphatic rings. The normalized spacial score (nSPS) is 11.2. The van der Waals surface area contributed by atoms with E-state index in [0.29, 0.717) is 10.6 Å². The number of hydrogen-bond acceptors (Lipinski definition) is 1. The van der Waals surface area contributed by atoms with Gasteiger partial charge in [0, 0.05) is 24.0 Å². The van der Waals surface area contributed by atoms with Gasteiger partial charge in [0.2, 0.25) is 0 Å². The molecule has 2 rings (SSSR count). The standard InChI is InChI=1S/C14H11ClN2/c1-17-8-2-3-14(17)9-12(10-16)11-4-6-13(15)7-5-11/h2-9H,1H3. The topological polar surface area (TPSA) is 28.7 Å². The van der Waals surface area contributed by atoms with Crippen LogP contribution in [0.2, 0.25) is 5.02 Å². The third-order valence-corrected chi connectivity index (χ3v) is 2.80. The molecule has 0 N–H and O–H groups in total. The Hall–Kier alpha value is -1.98. The van der Waals surface area contributed by atoms with Crippen molar-refractivity contribution in [1.82, 2.24) is 4.57 Å². The van der Waals surface area contributed by atoms with Gasteiger partial charge in [-0.25, -0.2) is 0 Å². The Labute approximate surface area is 105 Å². The van der Waals surface area contributed by atoms with Crippen molar-refractivity contribution in [3.05, 3.63) is 58.9 Å². The molecular weight excluding hydrogens is 232 g/mol. The van der Waals surface area contributed by atoms with Gasteiger partial charge < -0.3 is 4.57 Å². The minimum Gasteiger partial charge on any atom is -0.351 e. The molecule has 0 atom stereocenters. The molecule has 0 aliphatic heterocycles. The number of halogens is 1. The van der Waals surface area contributed by atoms with Crippen molar-refractivity contribution in [3.8, 4) is 6.07 Å². The summed E-state index contributed by atoms with van der Waals surface area (Å²) in [4.78, 5) is 0. The number of benzene rings is 1. The highest BCUT2D eigenvalue weighted by atomic mass is 35.5. The number of allylic oxidation sites excluding steroid dienone is 1. The Morgan fingerprint density at radius 2 is 2.00 bits per heavy atom. The highest BCUT2D eigenvalue weighted by Gasteiger charge is 2.02. The highest BCUT2D eigenvalue weighted by Crippen LogP contribution is 2.19. The SMILES string of the molecule is Cn1cccc1C=C(C#N)c1ccc(Cl)cc1. The van der Waals surface area contributed by atoms with E-state index in [0.717, 1.165) is 11.3 Å². The zero-order chi connectivity index (χ0) is 12.3. The third kappa shape index (κ3) is 2.58. The van der Waals surface area contributed by atoms with E-state index < -0.39 is 0 Å². The molecule has 0 saturated heterocycles. The molecule has 2 nitrogen and oxygen atoms in total. The fourth-order valence-corrected chi connectivity index (χ4v) is 1.71. The average Bonchev–Trinajstić information content (AvgIpc) is 2.73. The number of aromatic nitrogens is 1. The van der Waals surface area contributed by atoms with Gasteiger partial charge in [-0.2, -0.15) is 5.26 Å². The van der Waals surface area contributed by atoms with Gasteiger partial charge >= 0.3 is 0 Å². The van der Waals surface area contributed by atoms with E-state index in [1.54, 1.807) is 12.1 Å². The van der Waals surface area contributed by atoms with Crippen molar-refractivity contribution in [2.45, 2.75) is 0 Å². The molecule has 0 unspecified atom stereocenters. The first-order valence-electron chi connectivity index (χ1n) is 5.20. The van der Waals surface area contributed by atoms with E-state index in [9.17, 15) is 5.26 Å². The lowest BCUT2D eigenvalue weighted by Gasteiger charge is -2.01. The van der Waals surface area contributed by atoms with Gasteiger partial charge in [-0.1, -0.05) is 23.7 Å². The van der Waals surface area contributed by atoms with Crippen LogP contribution in [0.4, 0.5) is 0 Å². The monoisotopic (exact) mass is 242 g/mol. The number of rotatable bonds is 2. The van der Waals surface area contributed by atoms with Crippen molar-refractivity contribution in [2.24, 2.45) is 7.05 Å². The molecule has 84 valence electrons. The Bertz CT molecular complexity index is 585. The summed E-state index contributed by atoms with van der Waals surface area (Å²) in [6.45, 7) is 0. The predicted octanol–water partition coefficient (Wildman–Crippen LogP) is 3.74. The Morgan fingerprint density at radius 1 is 1.29 bits per heavy atom. The lowest BCUT2D eigenvalue weighted by molar-refractivity contribution is 0.915. The third-order valence-electron chi connectivity index (χ3n) is 2.55. The maximum Gasteiger partial charge on any atom is 0.0998 e. The highest BCUT2D eigenvalue weighted by molar-refractivity contribution is 6.30. The molecule has 0 spiro atoms. The van der Waals surface area contributed by atoms with Gasteiger partial charge in [0.05, 0.1) is 11.6 Å². The predicted molar refractivity (Wildman–Crippen MR) is 70.3 cm³/mol. The molecule has 0 saturated carbocycles. The van der Waals surface area contributed by atoms with Crippen LogP contribution in [0.25, 0.3) is 11.6 Å². The van der Waals surface area contributed by atoms with Crippen LogP contribution in [0.15, 0.2) is 42.6 Å². The first-order valence-corrected chi connectivity index (χ1v) is 5.57. The van der Waals surface area contributed by atoms with E-state index in [-0.39, 0.29) is 0 Å². The Kier molecular flexibility index (Phi) is 3.32. The lowest BCUT2D eigenvalue weighted by Crippen LogP contribution is -1.89. The lowest BCUT2D eigenvalue weighted by atomic mass is 10.1. The van der Waals surface area contributed by atoms with Gasteiger partial charge in [-0.15, -0.1) is 0 Å². The number of aryl methyl sites for hydroxylation is 1. The molecule has 3 heteroatoms. The van der Waals surface area contributed by atoms with E-state index in [2.05, 4.69) is 6.07 Å². The summed E-state index contributed by atoms with van der Waals surface area (Å²) in [6, 6.07) is 13.4. The summed E-state index contributed by atoms with van der Waals surface area (Å²) in [6.07, 6.45) is 3.81. The maximum atomic E-state index is 9.18. The zero-order valence-electron chi connectivity index (χ0n) is 9.39. The number of nitriles is 1. The summed E-state index contributed by atoms with van der Waals surface area (Å²) < 4.78 is 1.97. The van der Waals surface area contributed by atoms with E-state index >= 15 is 0 Å². The van der Waals surface area contributed by atoms with E-state index in [1.807, 2.05) is 48.2 Å². The Balaban J connectivity index is 2.41. The van der Waals surface area contributed by atoms with Crippen molar-refractivity contribution in [2.75, 3.05) is 0 Å². The molecule has 1 aromatic heterocycles.